The molecule has 2 aromatic rings. The fourth-order valence-corrected chi connectivity index (χ4v) is 2.61. The van der Waals surface area contributed by atoms with Gasteiger partial charge in [0.05, 0.1) is 11.4 Å². The number of fused-ring (bicyclic) bond motifs is 1. The molecule has 0 aliphatic heterocycles. The Morgan fingerprint density at radius 3 is 2.63 bits per heavy atom. The molecule has 2 nitrogen and oxygen atoms in total. The molecule has 0 saturated carbocycles. The Morgan fingerprint density at radius 2 is 1.84 bits per heavy atom. The Hall–Kier alpha value is -2.09. The van der Waals surface area contributed by atoms with E-state index >= 15 is 0 Å². The van der Waals surface area contributed by atoms with Crippen LogP contribution in [0.5, 0.6) is 0 Å². The largest absolute Gasteiger partial charge is 0.354 e. The lowest BCUT2D eigenvalue weighted by atomic mass is 9.99. The number of rotatable bonds is 2. The Balaban J connectivity index is 1.98. The van der Waals surface area contributed by atoms with Crippen molar-refractivity contribution >= 4 is 11.4 Å². The number of benzene rings is 1. The maximum atomic E-state index is 4.53. The molecular weight excluding hydrogens is 232 g/mol. The molecule has 96 valence electrons. The third-order valence-electron chi connectivity index (χ3n) is 3.65. The molecule has 0 atom stereocenters. The van der Waals surface area contributed by atoms with Crippen molar-refractivity contribution in [2.24, 2.45) is 0 Å². The zero-order chi connectivity index (χ0) is 13.2. The SMILES string of the molecule is Cc1cccc(C)c1NC1=CCCc2cccnc21. The number of nitrogens with one attached hydrogen (secondary N) is 1. The van der Waals surface area contributed by atoms with E-state index in [1.807, 2.05) is 12.3 Å². The average molecular weight is 250 g/mol. The molecule has 0 saturated heterocycles. The van der Waals surface area contributed by atoms with E-state index in [0.717, 1.165) is 24.2 Å². The van der Waals surface area contributed by atoms with Crippen molar-refractivity contribution in [3.05, 3.63) is 65.0 Å². The van der Waals surface area contributed by atoms with Gasteiger partial charge in [-0.2, -0.15) is 0 Å². The predicted molar refractivity (Wildman–Crippen MR) is 80.1 cm³/mol. The molecule has 0 fully saturated rings. The Kier molecular flexibility index (Phi) is 3.08. The van der Waals surface area contributed by atoms with Gasteiger partial charge in [0.1, 0.15) is 0 Å². The summed E-state index contributed by atoms with van der Waals surface area (Å²) in [5, 5.41) is 3.57. The highest BCUT2D eigenvalue weighted by atomic mass is 14.9. The topological polar surface area (TPSA) is 24.9 Å². The quantitative estimate of drug-likeness (QED) is 0.868. The number of aryl methyl sites for hydroxylation is 3. The molecule has 3 rings (SSSR count). The van der Waals surface area contributed by atoms with Gasteiger partial charge in [-0.25, -0.2) is 0 Å². The van der Waals surface area contributed by atoms with Crippen molar-refractivity contribution in [2.45, 2.75) is 26.7 Å². The molecular formula is C17H18N2. The Morgan fingerprint density at radius 1 is 1.05 bits per heavy atom. The van der Waals surface area contributed by atoms with E-state index in [0.29, 0.717) is 0 Å². The van der Waals surface area contributed by atoms with E-state index in [4.69, 9.17) is 0 Å². The minimum Gasteiger partial charge on any atom is -0.354 e. The first kappa shape index (κ1) is 12.0. The van der Waals surface area contributed by atoms with E-state index in [9.17, 15) is 0 Å². The highest BCUT2D eigenvalue weighted by Gasteiger charge is 2.14. The minimum atomic E-state index is 1.08. The summed E-state index contributed by atoms with van der Waals surface area (Å²) in [6.07, 6.45) is 6.28. The number of hydrogen-bond acceptors (Lipinski definition) is 2. The smallest absolute Gasteiger partial charge is 0.0893 e. The fourth-order valence-electron chi connectivity index (χ4n) is 2.61. The summed E-state index contributed by atoms with van der Waals surface area (Å²) >= 11 is 0. The molecule has 1 aliphatic rings. The summed E-state index contributed by atoms with van der Waals surface area (Å²) in [5.41, 5.74) is 7.30. The lowest BCUT2D eigenvalue weighted by Gasteiger charge is -2.20. The highest BCUT2D eigenvalue weighted by Crippen LogP contribution is 2.28. The van der Waals surface area contributed by atoms with Gasteiger partial charge in [-0.1, -0.05) is 30.3 Å². The number of aromatic nitrogens is 1. The second kappa shape index (κ2) is 4.88. The van der Waals surface area contributed by atoms with Gasteiger partial charge in [0.15, 0.2) is 0 Å². The number of nitrogens with zero attached hydrogens (tertiary/aromatic N) is 1. The van der Waals surface area contributed by atoms with E-state index in [1.165, 1.54) is 22.4 Å². The van der Waals surface area contributed by atoms with Crippen molar-refractivity contribution in [2.75, 3.05) is 5.32 Å². The Bertz CT molecular complexity index is 621. The molecule has 0 spiro atoms. The van der Waals surface area contributed by atoms with Crippen LogP contribution >= 0.6 is 0 Å². The number of hydrogen-bond donors (Lipinski definition) is 1. The molecule has 0 radical (unpaired) electrons. The van der Waals surface area contributed by atoms with Gasteiger partial charge >= 0.3 is 0 Å². The minimum absolute atomic E-state index is 1.08. The zero-order valence-corrected chi connectivity index (χ0v) is 11.4. The van der Waals surface area contributed by atoms with Crippen LogP contribution < -0.4 is 5.32 Å². The normalized spacial score (nSPS) is 13.7. The molecule has 19 heavy (non-hydrogen) atoms. The molecule has 1 aromatic heterocycles. The van der Waals surface area contributed by atoms with Gasteiger partial charge in [-0.15, -0.1) is 0 Å². The summed E-state index contributed by atoms with van der Waals surface area (Å²) < 4.78 is 0. The second-order valence-corrected chi connectivity index (χ2v) is 5.06. The van der Waals surface area contributed by atoms with Crippen LogP contribution in [0.15, 0.2) is 42.6 Å². The van der Waals surface area contributed by atoms with Crippen molar-refractivity contribution in [1.82, 2.24) is 4.98 Å². The van der Waals surface area contributed by atoms with Crippen LogP contribution in [0.3, 0.4) is 0 Å². The molecule has 0 bridgehead atoms. The van der Waals surface area contributed by atoms with Gasteiger partial charge in [0.25, 0.3) is 0 Å². The highest BCUT2D eigenvalue weighted by molar-refractivity contribution is 5.80. The average Bonchev–Trinajstić information content (AvgIpc) is 2.43. The first-order valence-electron chi connectivity index (χ1n) is 6.73. The molecule has 2 heteroatoms. The molecule has 1 aromatic carbocycles. The maximum absolute atomic E-state index is 4.53. The van der Waals surface area contributed by atoms with Gasteiger partial charge < -0.3 is 5.32 Å². The molecule has 0 unspecified atom stereocenters. The van der Waals surface area contributed by atoms with Gasteiger partial charge in [-0.05, 0) is 49.4 Å². The molecule has 1 aliphatic carbocycles. The number of allylic oxidation sites excluding steroid dienone is 1. The molecule has 1 heterocycles. The Labute approximate surface area is 114 Å². The van der Waals surface area contributed by atoms with E-state index in [2.05, 4.69) is 54.5 Å². The lowest BCUT2D eigenvalue weighted by Crippen LogP contribution is -2.10. The summed E-state index contributed by atoms with van der Waals surface area (Å²) in [6.45, 7) is 4.27. The summed E-state index contributed by atoms with van der Waals surface area (Å²) in [4.78, 5) is 4.53. The number of anilines is 1. The lowest BCUT2D eigenvalue weighted by molar-refractivity contribution is 0.952. The third-order valence-corrected chi connectivity index (χ3v) is 3.65. The zero-order valence-electron chi connectivity index (χ0n) is 11.4. The van der Waals surface area contributed by atoms with Crippen LogP contribution in [-0.4, -0.2) is 4.98 Å². The second-order valence-electron chi connectivity index (χ2n) is 5.06. The van der Waals surface area contributed by atoms with E-state index < -0.39 is 0 Å². The van der Waals surface area contributed by atoms with E-state index in [1.54, 1.807) is 0 Å². The van der Waals surface area contributed by atoms with E-state index in [-0.39, 0.29) is 0 Å². The van der Waals surface area contributed by atoms with Gasteiger partial charge in [0.2, 0.25) is 0 Å². The number of para-hydroxylation sites is 1. The molecule has 0 amide bonds. The van der Waals surface area contributed by atoms with Crippen LogP contribution in [0.2, 0.25) is 0 Å². The van der Waals surface area contributed by atoms with Crippen LogP contribution in [0, 0.1) is 13.8 Å². The summed E-state index contributed by atoms with van der Waals surface area (Å²) in [7, 11) is 0. The van der Waals surface area contributed by atoms with Crippen LogP contribution in [0.1, 0.15) is 28.8 Å². The summed E-state index contributed by atoms with van der Waals surface area (Å²) in [6, 6.07) is 10.6. The van der Waals surface area contributed by atoms with Crippen molar-refractivity contribution in [3.63, 3.8) is 0 Å². The molecule has 1 N–H and O–H groups in total. The van der Waals surface area contributed by atoms with Crippen molar-refractivity contribution in [3.8, 4) is 0 Å². The standard InChI is InChI=1S/C17H18N2/c1-12-6-3-7-13(2)16(12)19-15-10-4-8-14-9-5-11-18-17(14)15/h3,5-7,9-11,19H,4,8H2,1-2H3. The fraction of sp³-hybridized carbons (Fsp3) is 0.235. The maximum Gasteiger partial charge on any atom is 0.0893 e. The van der Waals surface area contributed by atoms with Crippen LogP contribution in [-0.2, 0) is 6.42 Å². The third kappa shape index (κ3) is 2.26. The number of pyridine rings is 1. The van der Waals surface area contributed by atoms with Crippen LogP contribution in [0.4, 0.5) is 5.69 Å². The summed E-state index contributed by atoms with van der Waals surface area (Å²) in [5.74, 6) is 0. The van der Waals surface area contributed by atoms with Crippen molar-refractivity contribution in [1.29, 1.82) is 0 Å². The first-order chi connectivity index (χ1) is 9.25. The van der Waals surface area contributed by atoms with Gasteiger partial charge in [0, 0.05) is 11.9 Å². The van der Waals surface area contributed by atoms with Crippen LogP contribution in [0.25, 0.3) is 5.70 Å². The first-order valence-corrected chi connectivity index (χ1v) is 6.73. The van der Waals surface area contributed by atoms with Crippen molar-refractivity contribution < 1.29 is 0 Å². The monoisotopic (exact) mass is 250 g/mol. The van der Waals surface area contributed by atoms with Gasteiger partial charge in [-0.3, -0.25) is 4.98 Å². The predicted octanol–water partition coefficient (Wildman–Crippen LogP) is 4.10.